The summed E-state index contributed by atoms with van der Waals surface area (Å²) < 4.78 is 26.5. The highest BCUT2D eigenvalue weighted by atomic mass is 32.2. The van der Waals surface area contributed by atoms with E-state index in [-0.39, 0.29) is 9.62 Å². The van der Waals surface area contributed by atoms with E-state index in [9.17, 15) is 13.2 Å². The number of hydrogen-bond acceptors (Lipinski definition) is 5. The maximum Gasteiger partial charge on any atom is 0.356 e. The Hall–Kier alpha value is -0.990. The van der Waals surface area contributed by atoms with Gasteiger partial charge in [-0.05, 0) is 18.3 Å². The van der Waals surface area contributed by atoms with E-state index in [1.807, 2.05) is 6.92 Å². The second-order valence-electron chi connectivity index (χ2n) is 5.14. The van der Waals surface area contributed by atoms with E-state index in [1.54, 1.807) is 0 Å². The molecule has 1 saturated carbocycles. The first kappa shape index (κ1) is 14.4. The molecule has 0 atom stereocenters. The highest BCUT2D eigenvalue weighted by molar-refractivity contribution is 7.91. The van der Waals surface area contributed by atoms with Gasteiger partial charge in [-0.25, -0.2) is 22.9 Å². The molecule has 1 aliphatic carbocycles. The molecule has 2 N–H and O–H groups in total. The van der Waals surface area contributed by atoms with E-state index in [1.165, 1.54) is 5.51 Å². The standard InChI is InChI=1S/C11H16N2O4S2/c1-11(4-2-3-5-11)6-13-19(16,17)10-8(9(14)15)12-7-18-10/h7,13H,2-6H2,1H3,(H,14,15). The molecule has 0 saturated heterocycles. The topological polar surface area (TPSA) is 96.4 Å². The zero-order valence-electron chi connectivity index (χ0n) is 10.5. The molecular weight excluding hydrogens is 288 g/mol. The monoisotopic (exact) mass is 304 g/mol. The second kappa shape index (κ2) is 5.18. The number of aromatic carboxylic acids is 1. The lowest BCUT2D eigenvalue weighted by molar-refractivity contribution is 0.0687. The molecule has 1 aromatic heterocycles. The lowest BCUT2D eigenvalue weighted by atomic mass is 9.89. The third-order valence-electron chi connectivity index (χ3n) is 3.48. The Morgan fingerprint density at radius 3 is 2.74 bits per heavy atom. The largest absolute Gasteiger partial charge is 0.476 e. The fraction of sp³-hybridized carbons (Fsp3) is 0.636. The number of hydrogen-bond donors (Lipinski definition) is 2. The second-order valence-corrected chi connectivity index (χ2v) is 7.95. The Balaban J connectivity index is 2.14. The van der Waals surface area contributed by atoms with E-state index in [0.717, 1.165) is 37.0 Å². The Morgan fingerprint density at radius 2 is 2.16 bits per heavy atom. The number of carboxylic acids is 1. The van der Waals surface area contributed by atoms with Crippen LogP contribution in [0.25, 0.3) is 0 Å². The fourth-order valence-electron chi connectivity index (χ4n) is 2.31. The molecule has 0 spiro atoms. The third kappa shape index (κ3) is 3.13. The van der Waals surface area contributed by atoms with Crippen molar-refractivity contribution in [1.82, 2.24) is 9.71 Å². The van der Waals surface area contributed by atoms with Crippen LogP contribution in [0, 0.1) is 5.41 Å². The smallest absolute Gasteiger partial charge is 0.356 e. The predicted octanol–water partition coefficient (Wildman–Crippen LogP) is 1.70. The summed E-state index contributed by atoms with van der Waals surface area (Å²) in [6.45, 7) is 2.39. The summed E-state index contributed by atoms with van der Waals surface area (Å²) in [4.78, 5) is 14.5. The molecule has 106 valence electrons. The summed E-state index contributed by atoms with van der Waals surface area (Å²) in [5.74, 6) is -1.33. The molecule has 1 aromatic rings. The van der Waals surface area contributed by atoms with Gasteiger partial charge < -0.3 is 5.11 Å². The molecule has 0 radical (unpaired) electrons. The van der Waals surface area contributed by atoms with Crippen molar-refractivity contribution < 1.29 is 18.3 Å². The molecule has 1 heterocycles. The third-order valence-corrected chi connectivity index (χ3v) is 6.25. The van der Waals surface area contributed by atoms with E-state index in [4.69, 9.17) is 5.11 Å². The summed E-state index contributed by atoms with van der Waals surface area (Å²) >= 11 is 0.824. The average molecular weight is 304 g/mol. The van der Waals surface area contributed by atoms with Gasteiger partial charge in [-0.3, -0.25) is 0 Å². The van der Waals surface area contributed by atoms with Crippen LogP contribution in [0.2, 0.25) is 0 Å². The van der Waals surface area contributed by atoms with Crippen LogP contribution in [-0.2, 0) is 10.0 Å². The minimum atomic E-state index is -3.79. The molecule has 0 unspecified atom stereocenters. The molecule has 0 aromatic carbocycles. The van der Waals surface area contributed by atoms with Gasteiger partial charge in [0.25, 0.3) is 10.0 Å². The van der Waals surface area contributed by atoms with Gasteiger partial charge in [0.1, 0.15) is 0 Å². The quantitative estimate of drug-likeness (QED) is 0.863. The number of carbonyl (C=O) groups is 1. The maximum absolute atomic E-state index is 12.1. The van der Waals surface area contributed by atoms with Crippen molar-refractivity contribution in [3.05, 3.63) is 11.2 Å². The van der Waals surface area contributed by atoms with Gasteiger partial charge in [-0.1, -0.05) is 19.8 Å². The van der Waals surface area contributed by atoms with Crippen molar-refractivity contribution in [3.63, 3.8) is 0 Å². The number of carboxylic acid groups (broad SMARTS) is 1. The van der Waals surface area contributed by atoms with Gasteiger partial charge in [-0.15, -0.1) is 11.3 Å². The lowest BCUT2D eigenvalue weighted by Gasteiger charge is -2.23. The summed E-state index contributed by atoms with van der Waals surface area (Å²) in [6.07, 6.45) is 4.20. The predicted molar refractivity (Wildman–Crippen MR) is 70.8 cm³/mol. The van der Waals surface area contributed by atoms with E-state index in [2.05, 4.69) is 9.71 Å². The number of sulfonamides is 1. The van der Waals surface area contributed by atoms with Crippen molar-refractivity contribution in [2.45, 2.75) is 36.8 Å². The summed E-state index contributed by atoms with van der Waals surface area (Å²) in [5.41, 5.74) is 0.797. The molecule has 0 bridgehead atoms. The van der Waals surface area contributed by atoms with Crippen LogP contribution in [0.4, 0.5) is 0 Å². The first-order chi connectivity index (χ1) is 8.84. The van der Waals surface area contributed by atoms with Crippen molar-refractivity contribution in [1.29, 1.82) is 0 Å². The van der Waals surface area contributed by atoms with Crippen LogP contribution in [0.15, 0.2) is 9.72 Å². The van der Waals surface area contributed by atoms with Gasteiger partial charge in [0.05, 0.1) is 5.51 Å². The van der Waals surface area contributed by atoms with Crippen LogP contribution >= 0.6 is 11.3 Å². The normalized spacial score (nSPS) is 18.6. The zero-order valence-corrected chi connectivity index (χ0v) is 12.2. The van der Waals surface area contributed by atoms with Gasteiger partial charge in [0.15, 0.2) is 9.90 Å². The Kier molecular flexibility index (Phi) is 3.93. The molecule has 0 aliphatic heterocycles. The lowest BCUT2D eigenvalue weighted by Crippen LogP contribution is -2.34. The van der Waals surface area contributed by atoms with Crippen molar-refractivity contribution in [2.24, 2.45) is 5.41 Å². The average Bonchev–Trinajstić information content (AvgIpc) is 2.96. The Labute approximate surface area is 115 Å². The van der Waals surface area contributed by atoms with Crippen LogP contribution < -0.4 is 4.72 Å². The summed E-state index contributed by atoms with van der Waals surface area (Å²) in [7, 11) is -3.79. The molecule has 1 aliphatic rings. The first-order valence-electron chi connectivity index (χ1n) is 6.01. The Morgan fingerprint density at radius 1 is 1.53 bits per heavy atom. The summed E-state index contributed by atoms with van der Waals surface area (Å²) in [5, 5.41) is 8.90. The SMILES string of the molecule is CC1(CNS(=O)(=O)c2scnc2C(=O)O)CCCC1. The van der Waals surface area contributed by atoms with Crippen molar-refractivity contribution >= 4 is 27.3 Å². The number of aromatic nitrogens is 1. The Bertz CT molecular complexity index is 573. The number of nitrogens with zero attached hydrogens (tertiary/aromatic N) is 1. The zero-order chi connectivity index (χ0) is 14.1. The molecular formula is C11H16N2O4S2. The first-order valence-corrected chi connectivity index (χ1v) is 8.37. The van der Waals surface area contributed by atoms with Crippen molar-refractivity contribution in [3.8, 4) is 0 Å². The summed E-state index contributed by atoms with van der Waals surface area (Å²) in [6, 6.07) is 0. The molecule has 8 heteroatoms. The van der Waals surface area contributed by atoms with E-state index in [0.29, 0.717) is 6.54 Å². The highest BCUT2D eigenvalue weighted by Crippen LogP contribution is 2.37. The molecule has 19 heavy (non-hydrogen) atoms. The number of rotatable bonds is 5. The van der Waals surface area contributed by atoms with Gasteiger partial charge in [0.2, 0.25) is 0 Å². The number of thiazole rings is 1. The fourth-order valence-corrected chi connectivity index (χ4v) is 4.69. The van der Waals surface area contributed by atoms with Gasteiger partial charge in [-0.2, -0.15) is 0 Å². The van der Waals surface area contributed by atoms with E-state index < -0.39 is 21.7 Å². The van der Waals surface area contributed by atoms with Crippen LogP contribution in [-0.4, -0.2) is 31.0 Å². The highest BCUT2D eigenvalue weighted by Gasteiger charge is 2.32. The maximum atomic E-state index is 12.1. The van der Waals surface area contributed by atoms with Crippen molar-refractivity contribution in [2.75, 3.05) is 6.54 Å². The minimum absolute atomic E-state index is 0.0266. The van der Waals surface area contributed by atoms with Gasteiger partial charge >= 0.3 is 5.97 Å². The van der Waals surface area contributed by atoms with Crippen LogP contribution in [0.3, 0.4) is 0 Å². The molecule has 2 rings (SSSR count). The van der Waals surface area contributed by atoms with E-state index >= 15 is 0 Å². The molecule has 0 amide bonds. The van der Waals surface area contributed by atoms with Crippen LogP contribution in [0.1, 0.15) is 43.1 Å². The minimum Gasteiger partial charge on any atom is -0.476 e. The number of nitrogens with one attached hydrogen (secondary N) is 1. The molecule has 6 nitrogen and oxygen atoms in total. The molecule has 1 fully saturated rings. The van der Waals surface area contributed by atoms with Gasteiger partial charge in [0, 0.05) is 6.54 Å². The van der Waals surface area contributed by atoms with Crippen LogP contribution in [0.5, 0.6) is 0 Å².